The Morgan fingerprint density at radius 2 is 1.76 bits per heavy atom. The molecule has 2 aromatic carbocycles. The molecule has 0 atom stereocenters. The van der Waals surface area contributed by atoms with E-state index in [1.165, 1.54) is 0 Å². The van der Waals surface area contributed by atoms with Crippen molar-refractivity contribution in [3.05, 3.63) is 78.0 Å². The van der Waals surface area contributed by atoms with Crippen LogP contribution >= 0.6 is 0 Å². The van der Waals surface area contributed by atoms with E-state index in [9.17, 15) is 10.1 Å². The molecule has 1 aliphatic heterocycles. The Balaban J connectivity index is 1.23. The van der Waals surface area contributed by atoms with Crippen LogP contribution in [0.2, 0.25) is 0 Å². The molecule has 0 radical (unpaired) electrons. The fourth-order valence-corrected chi connectivity index (χ4v) is 5.02. The number of nitrogens with one attached hydrogen (secondary N) is 1. The molecule has 1 saturated heterocycles. The van der Waals surface area contributed by atoms with Gasteiger partial charge in [-0.25, -0.2) is 0 Å². The zero-order chi connectivity index (χ0) is 26.1. The number of fused-ring (bicyclic) bond motifs is 1. The van der Waals surface area contributed by atoms with Crippen molar-refractivity contribution in [1.82, 2.24) is 20.1 Å². The van der Waals surface area contributed by atoms with Crippen molar-refractivity contribution in [3.63, 3.8) is 0 Å². The maximum atomic E-state index is 12.9. The summed E-state index contributed by atoms with van der Waals surface area (Å²) in [5.41, 5.74) is 9.98. The number of aromatic nitrogens is 3. The summed E-state index contributed by atoms with van der Waals surface area (Å²) in [6.45, 7) is 1.19. The average molecular weight is 505 g/mol. The summed E-state index contributed by atoms with van der Waals surface area (Å²) in [5, 5.41) is 17.5. The summed E-state index contributed by atoms with van der Waals surface area (Å²) in [4.78, 5) is 19.7. The minimum Gasteiger partial charge on any atom is -0.457 e. The number of amides is 1. The number of ether oxygens (including phenoxy) is 1. The number of benzene rings is 2. The predicted molar refractivity (Wildman–Crippen MR) is 145 cm³/mol. The van der Waals surface area contributed by atoms with Crippen molar-refractivity contribution in [2.45, 2.75) is 31.6 Å². The maximum Gasteiger partial charge on any atom is 0.264 e. The van der Waals surface area contributed by atoms with Crippen LogP contribution in [0.3, 0.4) is 0 Å². The molecule has 3 N–H and O–H groups in total. The van der Waals surface area contributed by atoms with E-state index in [4.69, 9.17) is 15.5 Å². The van der Waals surface area contributed by atoms with Crippen LogP contribution < -0.4 is 10.5 Å². The van der Waals surface area contributed by atoms with Crippen LogP contribution in [0.4, 0.5) is 5.82 Å². The third-order valence-corrected chi connectivity index (χ3v) is 7.27. The van der Waals surface area contributed by atoms with Crippen molar-refractivity contribution in [3.8, 4) is 28.8 Å². The number of pyridine rings is 1. The Morgan fingerprint density at radius 1 is 1.05 bits per heavy atom. The number of hydrogen-bond donors (Lipinski definition) is 2. The Morgan fingerprint density at radius 3 is 2.45 bits per heavy atom. The number of nitriles is 1. The van der Waals surface area contributed by atoms with Crippen LogP contribution in [0.5, 0.6) is 11.5 Å². The molecule has 190 valence electrons. The number of anilines is 1. The van der Waals surface area contributed by atoms with Crippen LogP contribution in [0, 0.1) is 17.2 Å². The van der Waals surface area contributed by atoms with Crippen LogP contribution in [0.25, 0.3) is 22.2 Å². The normalized spacial score (nSPS) is 16.4. The Hall–Kier alpha value is -4.64. The minimum atomic E-state index is -0.152. The number of nitrogens with zero attached hydrogens (tertiary/aromatic N) is 4. The lowest BCUT2D eigenvalue weighted by atomic mass is 9.91. The number of carbonyl (C=O) groups is 1. The molecule has 0 spiro atoms. The third kappa shape index (κ3) is 4.83. The van der Waals surface area contributed by atoms with Gasteiger partial charge in [-0.2, -0.15) is 10.4 Å². The summed E-state index contributed by atoms with van der Waals surface area (Å²) < 4.78 is 5.94. The number of rotatable bonds is 6. The molecule has 6 rings (SSSR count). The van der Waals surface area contributed by atoms with Gasteiger partial charge in [0.25, 0.3) is 5.91 Å². The van der Waals surface area contributed by atoms with Crippen molar-refractivity contribution in [2.75, 3.05) is 18.8 Å². The highest BCUT2D eigenvalue weighted by atomic mass is 16.5. The van der Waals surface area contributed by atoms with Crippen molar-refractivity contribution < 1.29 is 9.53 Å². The van der Waals surface area contributed by atoms with E-state index in [1.54, 1.807) is 4.90 Å². The van der Waals surface area contributed by atoms with Gasteiger partial charge in [-0.3, -0.25) is 14.9 Å². The number of carbonyl (C=O) groups excluding carboxylic acids is 1. The highest BCUT2D eigenvalue weighted by Gasteiger charge is 2.29. The smallest absolute Gasteiger partial charge is 0.264 e. The number of para-hydroxylation sites is 1. The van der Waals surface area contributed by atoms with Gasteiger partial charge >= 0.3 is 0 Å². The largest absolute Gasteiger partial charge is 0.457 e. The fourth-order valence-electron chi connectivity index (χ4n) is 5.02. The maximum absolute atomic E-state index is 12.9. The second kappa shape index (κ2) is 10.0. The lowest BCUT2D eigenvalue weighted by Gasteiger charge is -2.31. The summed E-state index contributed by atoms with van der Waals surface area (Å²) in [6.07, 6.45) is 5.53. The zero-order valence-electron chi connectivity index (χ0n) is 20.9. The van der Waals surface area contributed by atoms with Crippen LogP contribution in [0.15, 0.2) is 72.3 Å². The lowest BCUT2D eigenvalue weighted by Crippen LogP contribution is -2.38. The molecular formula is C30H28N6O2. The van der Waals surface area contributed by atoms with Crippen molar-refractivity contribution in [2.24, 2.45) is 5.92 Å². The van der Waals surface area contributed by atoms with Gasteiger partial charge in [0, 0.05) is 30.3 Å². The molecule has 0 bridgehead atoms. The van der Waals surface area contributed by atoms with Gasteiger partial charge in [0.15, 0.2) is 5.82 Å². The van der Waals surface area contributed by atoms with Gasteiger partial charge in [-0.15, -0.1) is 0 Å². The zero-order valence-corrected chi connectivity index (χ0v) is 20.9. The molecule has 1 saturated carbocycles. The first kappa shape index (κ1) is 23.7. The molecule has 4 aromatic rings. The number of aromatic amines is 1. The number of nitrogen functional groups attached to an aromatic ring is 1. The summed E-state index contributed by atoms with van der Waals surface area (Å²) in [6, 6.07) is 21.6. The van der Waals surface area contributed by atoms with Gasteiger partial charge in [0.05, 0.1) is 16.6 Å². The number of piperidine rings is 1. The SMILES string of the molecule is N#C/C(=C/C1CC1)C(=O)N1CCC(c2cc3[nH]nc(N)c3c(-c3ccc(Oc4ccccc4)cc3)n2)CC1. The third-order valence-electron chi connectivity index (χ3n) is 7.27. The molecule has 38 heavy (non-hydrogen) atoms. The second-order valence-electron chi connectivity index (χ2n) is 9.96. The number of nitrogens with two attached hydrogens (primary N) is 1. The minimum absolute atomic E-state index is 0.152. The lowest BCUT2D eigenvalue weighted by molar-refractivity contribution is -0.127. The Kier molecular flexibility index (Phi) is 6.26. The van der Waals surface area contributed by atoms with E-state index >= 15 is 0 Å². The van der Waals surface area contributed by atoms with Gasteiger partial charge in [-0.05, 0) is 74.1 Å². The highest BCUT2D eigenvalue weighted by Crippen LogP contribution is 2.36. The van der Waals surface area contributed by atoms with E-state index in [-0.39, 0.29) is 17.4 Å². The molecule has 3 heterocycles. The van der Waals surface area contributed by atoms with Gasteiger partial charge < -0.3 is 15.4 Å². The monoisotopic (exact) mass is 504 g/mol. The van der Waals surface area contributed by atoms with Gasteiger partial charge in [0.1, 0.15) is 23.1 Å². The topological polar surface area (TPSA) is 121 Å². The van der Waals surface area contributed by atoms with Crippen LogP contribution in [-0.2, 0) is 4.79 Å². The number of likely N-dealkylation sites (tertiary alicyclic amines) is 1. The number of allylic oxidation sites excluding steroid dienone is 1. The second-order valence-corrected chi connectivity index (χ2v) is 9.96. The van der Waals surface area contributed by atoms with Crippen molar-refractivity contribution in [1.29, 1.82) is 5.26 Å². The first-order valence-corrected chi connectivity index (χ1v) is 13.0. The standard InChI is InChI=1S/C30H28N6O2/c31-18-22(16-19-6-7-19)30(37)36-14-12-20(13-15-36)25-17-26-27(29(32)35-34-26)28(33-25)21-8-10-24(11-9-21)38-23-4-2-1-3-5-23/h1-5,8-11,16-17,19-20H,6-7,12-15H2,(H3,32,34,35)/b22-16-. The molecular weight excluding hydrogens is 476 g/mol. The molecule has 2 aromatic heterocycles. The summed E-state index contributed by atoms with van der Waals surface area (Å²) in [7, 11) is 0. The number of hydrogen-bond acceptors (Lipinski definition) is 6. The first-order valence-electron chi connectivity index (χ1n) is 13.0. The fraction of sp³-hybridized carbons (Fsp3) is 0.267. The summed E-state index contributed by atoms with van der Waals surface area (Å²) >= 11 is 0. The highest BCUT2D eigenvalue weighted by molar-refractivity contribution is 6.00. The Bertz CT molecular complexity index is 1540. The van der Waals surface area contributed by atoms with Crippen LogP contribution in [0.1, 0.15) is 37.3 Å². The molecule has 8 nitrogen and oxygen atoms in total. The first-order chi connectivity index (χ1) is 18.6. The molecule has 2 aliphatic rings. The van der Waals surface area contributed by atoms with E-state index in [0.29, 0.717) is 24.8 Å². The molecule has 0 unspecified atom stereocenters. The molecule has 8 heteroatoms. The van der Waals surface area contributed by atoms with Crippen LogP contribution in [-0.4, -0.2) is 39.1 Å². The molecule has 1 amide bonds. The molecule has 2 fully saturated rings. The van der Waals surface area contributed by atoms with Gasteiger partial charge in [0.2, 0.25) is 0 Å². The quantitative estimate of drug-likeness (QED) is 0.262. The van der Waals surface area contributed by atoms with E-state index in [2.05, 4.69) is 16.3 Å². The van der Waals surface area contributed by atoms with E-state index < -0.39 is 0 Å². The van der Waals surface area contributed by atoms with E-state index in [0.717, 1.165) is 65.0 Å². The number of H-pyrrole nitrogens is 1. The average Bonchev–Trinajstić information content (AvgIpc) is 3.71. The van der Waals surface area contributed by atoms with Crippen molar-refractivity contribution >= 4 is 22.6 Å². The predicted octanol–water partition coefficient (Wildman–Crippen LogP) is 5.57. The Labute approximate surface area is 220 Å². The molecule has 1 aliphatic carbocycles. The summed E-state index contributed by atoms with van der Waals surface area (Å²) in [5.74, 6) is 2.34. The van der Waals surface area contributed by atoms with Gasteiger partial charge in [-0.1, -0.05) is 24.3 Å². The van der Waals surface area contributed by atoms with E-state index in [1.807, 2.05) is 66.7 Å².